The van der Waals surface area contributed by atoms with Crippen LogP contribution in [0.15, 0.2) is 54.6 Å². The van der Waals surface area contributed by atoms with E-state index < -0.39 is 29.7 Å². The molecule has 230 valence electrons. The molecule has 42 heavy (non-hydrogen) atoms. The summed E-state index contributed by atoms with van der Waals surface area (Å²) in [6.07, 6.45) is 2.17. The lowest BCUT2D eigenvalue weighted by Crippen LogP contribution is -2.53. The number of nitrogens with one attached hydrogen (secondary N) is 4. The molecule has 0 saturated carbocycles. The van der Waals surface area contributed by atoms with Gasteiger partial charge < -0.3 is 26.0 Å². The van der Waals surface area contributed by atoms with Crippen molar-refractivity contribution in [3.63, 3.8) is 0 Å². The van der Waals surface area contributed by atoms with E-state index in [0.29, 0.717) is 31.5 Å². The topological polar surface area (TPSA) is 126 Å². The lowest BCUT2D eigenvalue weighted by Gasteiger charge is -2.23. The molecule has 2 aromatic rings. The minimum atomic E-state index is -0.847. The normalized spacial score (nSPS) is 12.9. The van der Waals surface area contributed by atoms with Crippen molar-refractivity contribution in [1.82, 2.24) is 16.0 Å². The fourth-order valence-electron chi connectivity index (χ4n) is 4.37. The molecule has 0 radical (unpaired) electrons. The summed E-state index contributed by atoms with van der Waals surface area (Å²) in [5.74, 6) is -1.13. The fourth-order valence-corrected chi connectivity index (χ4v) is 4.37. The lowest BCUT2D eigenvalue weighted by atomic mass is 9.88. The molecule has 2 unspecified atom stereocenters. The molecule has 4 amide bonds. The van der Waals surface area contributed by atoms with Gasteiger partial charge in [0.1, 0.15) is 17.7 Å². The van der Waals surface area contributed by atoms with Crippen molar-refractivity contribution in [3.8, 4) is 0 Å². The second kappa shape index (κ2) is 15.9. The highest BCUT2D eigenvalue weighted by Crippen LogP contribution is 2.22. The number of hydrogen-bond donors (Lipinski definition) is 4. The number of benzene rings is 2. The molecule has 0 aliphatic heterocycles. The summed E-state index contributed by atoms with van der Waals surface area (Å²) >= 11 is 0. The number of alkyl carbamates (subject to hydrolysis) is 1. The number of ether oxygens (including phenoxy) is 1. The molecule has 9 nitrogen and oxygen atoms in total. The van der Waals surface area contributed by atoms with Crippen LogP contribution in [0.1, 0.15) is 78.9 Å². The predicted octanol–water partition coefficient (Wildman–Crippen LogP) is 5.14. The summed E-state index contributed by atoms with van der Waals surface area (Å²) in [4.78, 5) is 50.6. The molecule has 0 bridgehead atoms. The molecule has 2 atom stereocenters. The van der Waals surface area contributed by atoms with Crippen molar-refractivity contribution in [2.75, 3.05) is 11.9 Å². The number of anilines is 1. The van der Waals surface area contributed by atoms with Gasteiger partial charge >= 0.3 is 6.09 Å². The number of amides is 4. The highest BCUT2D eigenvalue weighted by atomic mass is 16.6. The summed E-state index contributed by atoms with van der Waals surface area (Å²) in [5.41, 5.74) is 2.24. The molecule has 2 aromatic carbocycles. The number of rotatable bonds is 13. The summed E-state index contributed by atoms with van der Waals surface area (Å²) in [6, 6.07) is 15.4. The molecule has 4 N–H and O–H groups in total. The van der Waals surface area contributed by atoms with Crippen molar-refractivity contribution in [3.05, 3.63) is 65.7 Å². The minimum Gasteiger partial charge on any atom is -0.444 e. The van der Waals surface area contributed by atoms with Crippen molar-refractivity contribution in [2.45, 2.75) is 98.3 Å². The Morgan fingerprint density at radius 3 is 1.98 bits per heavy atom. The van der Waals surface area contributed by atoms with E-state index in [-0.39, 0.29) is 23.7 Å². The first kappa shape index (κ1) is 34.3. The van der Waals surface area contributed by atoms with E-state index in [4.69, 9.17) is 4.74 Å². The largest absolute Gasteiger partial charge is 0.444 e. The summed E-state index contributed by atoms with van der Waals surface area (Å²) in [5, 5.41) is 11.2. The van der Waals surface area contributed by atoms with E-state index in [2.05, 4.69) is 42.0 Å². The first-order valence-electron chi connectivity index (χ1n) is 14.6. The van der Waals surface area contributed by atoms with Crippen molar-refractivity contribution in [2.24, 2.45) is 5.41 Å². The first-order chi connectivity index (χ1) is 19.6. The molecule has 0 heterocycles. The van der Waals surface area contributed by atoms with E-state index in [1.807, 2.05) is 54.6 Å². The van der Waals surface area contributed by atoms with E-state index in [1.165, 1.54) is 12.5 Å². The molecule has 0 spiro atoms. The molecular weight excluding hydrogens is 532 g/mol. The Bertz CT molecular complexity index is 1170. The van der Waals surface area contributed by atoms with Crippen LogP contribution in [0.4, 0.5) is 10.5 Å². The number of hydrogen-bond acceptors (Lipinski definition) is 5. The average molecular weight is 581 g/mol. The number of unbranched alkanes of at least 4 members (excludes halogenated alkanes) is 1. The molecule has 0 aliphatic carbocycles. The van der Waals surface area contributed by atoms with Gasteiger partial charge in [0, 0.05) is 25.6 Å². The Kier molecular flexibility index (Phi) is 13.0. The molecular formula is C33H48N4O5. The Morgan fingerprint density at radius 2 is 1.40 bits per heavy atom. The first-order valence-corrected chi connectivity index (χ1v) is 14.6. The van der Waals surface area contributed by atoms with Crippen LogP contribution >= 0.6 is 0 Å². The quantitative estimate of drug-likeness (QED) is 0.244. The lowest BCUT2D eigenvalue weighted by molar-refractivity contribution is -0.130. The zero-order chi connectivity index (χ0) is 31.3. The van der Waals surface area contributed by atoms with Gasteiger partial charge in [-0.05, 0) is 75.1 Å². The Hall–Kier alpha value is -3.88. The Balaban J connectivity index is 2.10. The van der Waals surface area contributed by atoms with Crippen molar-refractivity contribution in [1.29, 1.82) is 0 Å². The number of carbonyl (C=O) groups is 4. The van der Waals surface area contributed by atoms with Crippen LogP contribution in [-0.2, 0) is 32.0 Å². The maximum Gasteiger partial charge on any atom is 0.407 e. The number of carbonyl (C=O) groups excluding carboxylic acids is 4. The van der Waals surface area contributed by atoms with E-state index in [0.717, 1.165) is 12.0 Å². The Labute approximate surface area is 250 Å². The molecule has 2 rings (SSSR count). The summed E-state index contributed by atoms with van der Waals surface area (Å²) < 4.78 is 5.26. The minimum absolute atomic E-state index is 0.142. The van der Waals surface area contributed by atoms with Crippen LogP contribution in [0.5, 0.6) is 0 Å². The van der Waals surface area contributed by atoms with Gasteiger partial charge in [-0.2, -0.15) is 0 Å². The van der Waals surface area contributed by atoms with Gasteiger partial charge in [-0.25, -0.2) is 4.79 Å². The standard InChI is InChI=1S/C33H48N4O5/c1-23(38)35-28(21-24-13-9-8-10-14-24)30(40)37-27(15-11-12-20-34-31(41)42-33(5,6)7)29(39)36-26-18-16-25(17-19-26)22-32(2,3)4/h8-10,13-14,16-19,27-28H,11-12,15,20-22H2,1-7H3,(H,34,41)(H,35,38)(H,36,39)(H,37,40). The third-order valence-electron chi connectivity index (χ3n) is 6.15. The third-order valence-corrected chi connectivity index (χ3v) is 6.15. The van der Waals surface area contributed by atoms with Crippen LogP contribution in [-0.4, -0.2) is 48.0 Å². The maximum absolute atomic E-state index is 13.4. The molecule has 0 aliphatic rings. The summed E-state index contributed by atoms with van der Waals surface area (Å²) in [7, 11) is 0. The molecule has 9 heteroatoms. The van der Waals surface area contributed by atoms with Gasteiger partial charge in [0.05, 0.1) is 0 Å². The second-order valence-electron chi connectivity index (χ2n) is 12.9. The van der Waals surface area contributed by atoms with Crippen LogP contribution in [0.25, 0.3) is 0 Å². The molecule has 0 saturated heterocycles. The maximum atomic E-state index is 13.4. The van der Waals surface area contributed by atoms with Gasteiger partial charge in [0.25, 0.3) is 0 Å². The van der Waals surface area contributed by atoms with Gasteiger partial charge in [-0.15, -0.1) is 0 Å². The van der Waals surface area contributed by atoms with Crippen molar-refractivity contribution >= 4 is 29.5 Å². The monoisotopic (exact) mass is 580 g/mol. The molecule has 0 aromatic heterocycles. The van der Waals surface area contributed by atoms with Crippen LogP contribution in [0.3, 0.4) is 0 Å². The SMILES string of the molecule is CC(=O)NC(Cc1ccccc1)C(=O)NC(CCCCNC(=O)OC(C)(C)C)C(=O)Nc1ccc(CC(C)(C)C)cc1. The fraction of sp³-hybridized carbons (Fsp3) is 0.515. The van der Waals surface area contributed by atoms with Gasteiger partial charge in [0.15, 0.2) is 0 Å². The van der Waals surface area contributed by atoms with E-state index >= 15 is 0 Å². The highest BCUT2D eigenvalue weighted by molar-refractivity contribution is 5.98. The second-order valence-corrected chi connectivity index (χ2v) is 12.9. The van der Waals surface area contributed by atoms with Crippen LogP contribution in [0.2, 0.25) is 0 Å². The van der Waals surface area contributed by atoms with Crippen LogP contribution < -0.4 is 21.3 Å². The molecule has 0 fully saturated rings. The average Bonchev–Trinajstić information content (AvgIpc) is 2.87. The summed E-state index contributed by atoms with van der Waals surface area (Å²) in [6.45, 7) is 13.6. The zero-order valence-electron chi connectivity index (χ0n) is 26.1. The zero-order valence-corrected chi connectivity index (χ0v) is 26.1. The van der Waals surface area contributed by atoms with Crippen molar-refractivity contribution < 1.29 is 23.9 Å². The Morgan fingerprint density at radius 1 is 0.762 bits per heavy atom. The van der Waals surface area contributed by atoms with Gasteiger partial charge in [-0.3, -0.25) is 14.4 Å². The predicted molar refractivity (Wildman–Crippen MR) is 166 cm³/mol. The third kappa shape index (κ3) is 14.1. The van der Waals surface area contributed by atoms with Crippen LogP contribution in [0, 0.1) is 5.41 Å². The van der Waals surface area contributed by atoms with Gasteiger partial charge in [-0.1, -0.05) is 63.2 Å². The smallest absolute Gasteiger partial charge is 0.407 e. The highest BCUT2D eigenvalue weighted by Gasteiger charge is 2.26. The van der Waals surface area contributed by atoms with E-state index in [1.54, 1.807) is 20.8 Å². The van der Waals surface area contributed by atoms with Gasteiger partial charge in [0.2, 0.25) is 17.7 Å². The van der Waals surface area contributed by atoms with E-state index in [9.17, 15) is 19.2 Å².